The van der Waals surface area contributed by atoms with Gasteiger partial charge >= 0.3 is 0 Å². The molecule has 0 bridgehead atoms. The first-order valence-corrected chi connectivity index (χ1v) is 12.6. The highest BCUT2D eigenvalue weighted by molar-refractivity contribution is 5.89. The normalized spacial score (nSPS) is 18.5. The highest BCUT2D eigenvalue weighted by atomic mass is 16.1. The maximum Gasteiger partial charge on any atom is 0.152 e. The summed E-state index contributed by atoms with van der Waals surface area (Å²) in [5.74, 6) is 0.239. The molecule has 3 aromatic rings. The molecule has 34 heavy (non-hydrogen) atoms. The van der Waals surface area contributed by atoms with Gasteiger partial charge in [-0.05, 0) is 56.1 Å². The molecule has 0 amide bonds. The van der Waals surface area contributed by atoms with Crippen LogP contribution in [-0.2, 0) is 24.8 Å². The monoisotopic (exact) mass is 460 g/mol. The number of rotatable bonds is 7. The number of hydrogen-bond acceptors (Lipinski definition) is 6. The summed E-state index contributed by atoms with van der Waals surface area (Å²) in [5, 5.41) is 6.81. The van der Waals surface area contributed by atoms with E-state index in [2.05, 4.69) is 56.1 Å². The SMILES string of the molecule is CN1CCN(CC(=O)Cc2cc3cc(-c4cnn(C)c4CN4CCCCC4)ccc3cn2)CC1. The first-order chi connectivity index (χ1) is 16.5. The maximum atomic E-state index is 12.7. The minimum atomic E-state index is 0.239. The number of likely N-dealkylation sites (tertiary alicyclic amines) is 1. The molecule has 2 fully saturated rings. The maximum absolute atomic E-state index is 12.7. The van der Waals surface area contributed by atoms with Crippen molar-refractivity contribution in [3.63, 3.8) is 0 Å². The molecule has 0 unspecified atom stereocenters. The van der Waals surface area contributed by atoms with Crippen molar-refractivity contribution in [2.45, 2.75) is 32.2 Å². The predicted octanol–water partition coefficient (Wildman–Crippen LogP) is 2.98. The van der Waals surface area contributed by atoms with Crippen LogP contribution in [0.3, 0.4) is 0 Å². The quantitative estimate of drug-likeness (QED) is 0.540. The van der Waals surface area contributed by atoms with E-state index in [-0.39, 0.29) is 5.78 Å². The van der Waals surface area contributed by atoms with E-state index >= 15 is 0 Å². The number of piperidine rings is 1. The Hall–Kier alpha value is -2.61. The van der Waals surface area contributed by atoms with Gasteiger partial charge in [0.1, 0.15) is 0 Å². The zero-order valence-corrected chi connectivity index (χ0v) is 20.5. The average Bonchev–Trinajstić information content (AvgIpc) is 3.20. The summed E-state index contributed by atoms with van der Waals surface area (Å²) in [7, 11) is 4.17. The standard InChI is InChI=1S/C27H36N6O/c1-30-10-12-33(13-11-30)19-25(34)16-24-15-23-14-21(6-7-22(23)17-28-24)26-18-29-31(2)27(26)20-32-8-4-3-5-9-32/h6-7,14-15,17-18H,3-5,8-13,16,19-20H2,1-2H3. The number of ketones is 1. The molecule has 7 heteroatoms. The zero-order valence-electron chi connectivity index (χ0n) is 20.5. The molecule has 7 nitrogen and oxygen atoms in total. The molecular formula is C27H36N6O. The van der Waals surface area contributed by atoms with Crippen LogP contribution in [0.2, 0.25) is 0 Å². The van der Waals surface area contributed by atoms with Gasteiger partial charge in [0.25, 0.3) is 0 Å². The van der Waals surface area contributed by atoms with Gasteiger partial charge in [-0.15, -0.1) is 0 Å². The lowest BCUT2D eigenvalue weighted by atomic mass is 10.0. The summed E-state index contributed by atoms with van der Waals surface area (Å²) in [6, 6.07) is 8.60. The molecule has 4 heterocycles. The number of fused-ring (bicyclic) bond motifs is 1. The van der Waals surface area contributed by atoms with Gasteiger partial charge in [0, 0.05) is 62.6 Å². The Bertz CT molecular complexity index is 1140. The molecular weight excluding hydrogens is 424 g/mol. The molecule has 2 aromatic heterocycles. The molecule has 0 atom stereocenters. The molecule has 0 N–H and O–H groups in total. The van der Waals surface area contributed by atoms with Gasteiger partial charge in [-0.3, -0.25) is 24.3 Å². The third kappa shape index (κ3) is 5.37. The minimum absolute atomic E-state index is 0.239. The topological polar surface area (TPSA) is 57.5 Å². The molecule has 0 radical (unpaired) electrons. The summed E-state index contributed by atoms with van der Waals surface area (Å²) in [6.07, 6.45) is 8.18. The number of carbonyl (C=O) groups excluding carboxylic acids is 1. The van der Waals surface area contributed by atoms with E-state index in [1.54, 1.807) is 0 Å². The lowest BCUT2D eigenvalue weighted by Crippen LogP contribution is -2.46. The summed E-state index contributed by atoms with van der Waals surface area (Å²) < 4.78 is 2.02. The predicted molar refractivity (Wildman–Crippen MR) is 136 cm³/mol. The van der Waals surface area contributed by atoms with Crippen molar-refractivity contribution in [2.75, 3.05) is 52.9 Å². The molecule has 5 rings (SSSR count). The third-order valence-corrected chi connectivity index (χ3v) is 7.35. The Balaban J connectivity index is 1.32. The van der Waals surface area contributed by atoms with Crippen molar-refractivity contribution in [3.8, 4) is 11.1 Å². The lowest BCUT2D eigenvalue weighted by Gasteiger charge is -2.31. The number of hydrogen-bond donors (Lipinski definition) is 0. The first-order valence-electron chi connectivity index (χ1n) is 12.6. The average molecular weight is 461 g/mol. The van der Waals surface area contributed by atoms with E-state index in [9.17, 15) is 4.79 Å². The summed E-state index contributed by atoms with van der Waals surface area (Å²) in [6.45, 7) is 7.76. The van der Waals surface area contributed by atoms with Crippen molar-refractivity contribution < 1.29 is 4.79 Å². The van der Waals surface area contributed by atoms with Crippen LogP contribution in [0, 0.1) is 0 Å². The number of benzene rings is 1. The Morgan fingerprint density at radius 2 is 1.68 bits per heavy atom. The second-order valence-corrected chi connectivity index (χ2v) is 10.00. The van der Waals surface area contributed by atoms with Crippen LogP contribution in [0.25, 0.3) is 21.9 Å². The molecule has 1 aromatic carbocycles. The number of Topliss-reactive ketones (excluding diaryl/α,β-unsaturated/α-hetero) is 1. The number of nitrogens with zero attached hydrogens (tertiary/aromatic N) is 6. The van der Waals surface area contributed by atoms with Crippen molar-refractivity contribution >= 4 is 16.6 Å². The van der Waals surface area contributed by atoms with Crippen LogP contribution in [-0.4, -0.2) is 88.1 Å². The fraction of sp³-hybridized carbons (Fsp3) is 0.519. The van der Waals surface area contributed by atoms with E-state index in [0.717, 1.165) is 49.2 Å². The minimum Gasteiger partial charge on any atom is -0.304 e. The fourth-order valence-electron chi connectivity index (χ4n) is 5.18. The largest absolute Gasteiger partial charge is 0.304 e. The number of piperazine rings is 1. The summed E-state index contributed by atoms with van der Waals surface area (Å²) in [4.78, 5) is 24.4. The van der Waals surface area contributed by atoms with Crippen molar-refractivity contribution in [3.05, 3.63) is 48.0 Å². The Labute approximate surface area is 202 Å². The summed E-state index contributed by atoms with van der Waals surface area (Å²) in [5.41, 5.74) is 4.48. The number of aryl methyl sites for hydroxylation is 1. The van der Waals surface area contributed by atoms with Crippen molar-refractivity contribution in [1.29, 1.82) is 0 Å². The number of carbonyl (C=O) groups is 1. The van der Waals surface area contributed by atoms with Crippen molar-refractivity contribution in [1.82, 2.24) is 29.5 Å². The van der Waals surface area contributed by atoms with Gasteiger partial charge in [-0.25, -0.2) is 0 Å². The van der Waals surface area contributed by atoms with Gasteiger partial charge in [-0.2, -0.15) is 5.10 Å². The van der Waals surface area contributed by atoms with Gasteiger partial charge in [0.15, 0.2) is 5.78 Å². The van der Waals surface area contributed by atoms with Crippen LogP contribution in [0.5, 0.6) is 0 Å². The summed E-state index contributed by atoms with van der Waals surface area (Å²) >= 11 is 0. The molecule has 2 aliphatic heterocycles. The molecule has 2 aliphatic rings. The third-order valence-electron chi connectivity index (χ3n) is 7.35. The van der Waals surface area contributed by atoms with E-state index < -0.39 is 0 Å². The molecule has 0 saturated carbocycles. The Morgan fingerprint density at radius 1 is 0.882 bits per heavy atom. The van der Waals surface area contributed by atoms with Gasteiger partial charge in [0.2, 0.25) is 0 Å². The Morgan fingerprint density at radius 3 is 2.47 bits per heavy atom. The van der Waals surface area contributed by atoms with Gasteiger partial charge in [-0.1, -0.05) is 18.6 Å². The molecule has 2 saturated heterocycles. The van der Waals surface area contributed by atoms with Gasteiger partial charge < -0.3 is 4.90 Å². The number of pyridine rings is 1. The van der Waals surface area contributed by atoms with Crippen LogP contribution >= 0.6 is 0 Å². The highest BCUT2D eigenvalue weighted by Gasteiger charge is 2.19. The second kappa shape index (κ2) is 10.3. The van der Waals surface area contributed by atoms with E-state index in [1.807, 2.05) is 24.1 Å². The van der Waals surface area contributed by atoms with Gasteiger partial charge in [0.05, 0.1) is 24.9 Å². The van der Waals surface area contributed by atoms with Crippen molar-refractivity contribution in [2.24, 2.45) is 7.05 Å². The van der Waals surface area contributed by atoms with E-state index in [0.29, 0.717) is 13.0 Å². The lowest BCUT2D eigenvalue weighted by molar-refractivity contribution is -0.120. The van der Waals surface area contributed by atoms with E-state index in [4.69, 9.17) is 0 Å². The zero-order chi connectivity index (χ0) is 23.5. The second-order valence-electron chi connectivity index (χ2n) is 10.00. The fourth-order valence-corrected chi connectivity index (χ4v) is 5.18. The van der Waals surface area contributed by atoms with E-state index in [1.165, 1.54) is 49.2 Å². The van der Waals surface area contributed by atoms with Crippen LogP contribution < -0.4 is 0 Å². The first kappa shape index (κ1) is 23.1. The molecule has 180 valence electrons. The van der Waals surface area contributed by atoms with Crippen LogP contribution in [0.4, 0.5) is 0 Å². The highest BCUT2D eigenvalue weighted by Crippen LogP contribution is 2.28. The van der Waals surface area contributed by atoms with Crippen LogP contribution in [0.15, 0.2) is 36.7 Å². The Kier molecular flexibility index (Phi) is 7.04. The molecule has 0 aliphatic carbocycles. The molecule has 0 spiro atoms. The number of aromatic nitrogens is 3. The smallest absolute Gasteiger partial charge is 0.152 e. The van der Waals surface area contributed by atoms with Crippen LogP contribution in [0.1, 0.15) is 30.7 Å². The number of likely N-dealkylation sites (N-methyl/N-ethyl adjacent to an activating group) is 1.